The highest BCUT2D eigenvalue weighted by molar-refractivity contribution is 5.98. The third kappa shape index (κ3) is 2.65. The van der Waals surface area contributed by atoms with Crippen molar-refractivity contribution in [3.8, 4) is 0 Å². The molecule has 1 aromatic carbocycles. The molecule has 6 heteroatoms. The number of carbonyl (C=O) groups excluding carboxylic acids is 2. The molecular formula is C12H14FN3O2. The lowest BCUT2D eigenvalue weighted by Crippen LogP contribution is -2.35. The lowest BCUT2D eigenvalue weighted by atomic mass is 10.1. The zero-order valence-electron chi connectivity index (χ0n) is 9.70. The summed E-state index contributed by atoms with van der Waals surface area (Å²) < 4.78 is 13.2. The predicted octanol–water partition coefficient (Wildman–Crippen LogP) is 0.615. The van der Waals surface area contributed by atoms with E-state index in [0.29, 0.717) is 5.69 Å². The van der Waals surface area contributed by atoms with E-state index in [1.807, 2.05) is 0 Å². The Morgan fingerprint density at radius 3 is 2.83 bits per heavy atom. The molecule has 1 saturated heterocycles. The summed E-state index contributed by atoms with van der Waals surface area (Å²) in [6.45, 7) is 0.814. The van der Waals surface area contributed by atoms with Gasteiger partial charge in [-0.25, -0.2) is 4.39 Å². The molecule has 1 fully saturated rings. The molecule has 0 bridgehead atoms. The Balaban J connectivity index is 2.11. The van der Waals surface area contributed by atoms with Crippen molar-refractivity contribution < 1.29 is 14.0 Å². The van der Waals surface area contributed by atoms with Crippen molar-refractivity contribution in [3.63, 3.8) is 0 Å². The Bertz CT molecular complexity index is 484. The van der Waals surface area contributed by atoms with Crippen molar-refractivity contribution in [2.45, 2.75) is 18.9 Å². The van der Waals surface area contributed by atoms with E-state index in [1.165, 1.54) is 12.1 Å². The third-order valence-electron chi connectivity index (χ3n) is 2.88. The molecule has 1 aliphatic heterocycles. The lowest BCUT2D eigenvalue weighted by Gasteiger charge is -2.11. The van der Waals surface area contributed by atoms with E-state index in [-0.39, 0.29) is 17.5 Å². The number of halogens is 1. The topological polar surface area (TPSA) is 84.2 Å². The average Bonchev–Trinajstić information content (AvgIpc) is 2.85. The average molecular weight is 251 g/mol. The van der Waals surface area contributed by atoms with Gasteiger partial charge in [0.15, 0.2) is 0 Å². The molecule has 0 saturated carbocycles. The Morgan fingerprint density at radius 1 is 1.44 bits per heavy atom. The summed E-state index contributed by atoms with van der Waals surface area (Å²) in [6, 6.07) is 3.52. The van der Waals surface area contributed by atoms with Gasteiger partial charge >= 0.3 is 0 Å². The van der Waals surface area contributed by atoms with Gasteiger partial charge in [0.05, 0.1) is 11.6 Å². The Kier molecular flexibility index (Phi) is 3.57. The van der Waals surface area contributed by atoms with Crippen LogP contribution in [0.5, 0.6) is 0 Å². The fourth-order valence-electron chi connectivity index (χ4n) is 1.93. The number of amides is 2. The molecular weight excluding hydrogens is 237 g/mol. The second-order valence-electron chi connectivity index (χ2n) is 4.20. The Morgan fingerprint density at radius 2 is 2.22 bits per heavy atom. The highest BCUT2D eigenvalue weighted by atomic mass is 19.1. The second kappa shape index (κ2) is 5.14. The van der Waals surface area contributed by atoms with E-state index in [1.54, 1.807) is 0 Å². The zero-order valence-corrected chi connectivity index (χ0v) is 9.70. The quantitative estimate of drug-likeness (QED) is 0.736. The molecule has 1 atom stereocenters. The number of carbonyl (C=O) groups is 2. The largest absolute Gasteiger partial charge is 0.366 e. The van der Waals surface area contributed by atoms with Crippen LogP contribution in [-0.2, 0) is 4.79 Å². The van der Waals surface area contributed by atoms with E-state index >= 15 is 0 Å². The molecule has 1 aromatic rings. The fraction of sp³-hybridized carbons (Fsp3) is 0.333. The number of benzene rings is 1. The van der Waals surface area contributed by atoms with Crippen molar-refractivity contribution in [2.24, 2.45) is 5.73 Å². The van der Waals surface area contributed by atoms with E-state index in [9.17, 15) is 14.0 Å². The van der Waals surface area contributed by atoms with Gasteiger partial charge in [-0.3, -0.25) is 9.59 Å². The molecule has 5 nitrogen and oxygen atoms in total. The van der Waals surface area contributed by atoms with Gasteiger partial charge in [-0.15, -0.1) is 0 Å². The Labute approximate surface area is 104 Å². The zero-order chi connectivity index (χ0) is 13.1. The van der Waals surface area contributed by atoms with Gasteiger partial charge in [-0.05, 0) is 37.6 Å². The minimum atomic E-state index is -0.859. The van der Waals surface area contributed by atoms with Crippen molar-refractivity contribution in [3.05, 3.63) is 29.6 Å². The minimum Gasteiger partial charge on any atom is -0.366 e. The van der Waals surface area contributed by atoms with Gasteiger partial charge in [0.2, 0.25) is 5.91 Å². The van der Waals surface area contributed by atoms with Gasteiger partial charge in [0.1, 0.15) is 5.82 Å². The second-order valence-corrected chi connectivity index (χ2v) is 4.20. The first-order valence-electron chi connectivity index (χ1n) is 5.71. The van der Waals surface area contributed by atoms with Crippen molar-refractivity contribution in [1.29, 1.82) is 0 Å². The van der Waals surface area contributed by atoms with Gasteiger partial charge < -0.3 is 16.4 Å². The van der Waals surface area contributed by atoms with Crippen LogP contribution in [-0.4, -0.2) is 24.4 Å². The molecule has 2 amide bonds. The van der Waals surface area contributed by atoms with Gasteiger partial charge in [0.25, 0.3) is 5.91 Å². The lowest BCUT2D eigenvalue weighted by molar-refractivity contribution is -0.117. The summed E-state index contributed by atoms with van der Waals surface area (Å²) in [5.41, 5.74) is 5.17. The predicted molar refractivity (Wildman–Crippen MR) is 64.6 cm³/mol. The summed E-state index contributed by atoms with van der Waals surface area (Å²) in [4.78, 5) is 22.8. The number of nitrogens with two attached hydrogens (primary N) is 1. The highest BCUT2D eigenvalue weighted by Gasteiger charge is 2.22. The van der Waals surface area contributed by atoms with Crippen molar-refractivity contribution >= 4 is 17.5 Å². The van der Waals surface area contributed by atoms with Crippen LogP contribution >= 0.6 is 0 Å². The summed E-state index contributed by atoms with van der Waals surface area (Å²) in [5.74, 6) is -1.74. The number of hydrogen-bond acceptors (Lipinski definition) is 3. The summed E-state index contributed by atoms with van der Waals surface area (Å²) in [5, 5.41) is 5.68. The van der Waals surface area contributed by atoms with Crippen LogP contribution in [0.15, 0.2) is 18.2 Å². The monoisotopic (exact) mass is 251 g/mol. The number of rotatable bonds is 3. The smallest absolute Gasteiger partial charge is 0.251 e. The maximum Gasteiger partial charge on any atom is 0.251 e. The number of anilines is 1. The number of primary amides is 1. The number of hydrogen-bond donors (Lipinski definition) is 3. The van der Waals surface area contributed by atoms with Crippen LogP contribution in [0, 0.1) is 5.82 Å². The molecule has 2 rings (SSSR count). The van der Waals surface area contributed by atoms with Crippen LogP contribution in [0.4, 0.5) is 10.1 Å². The molecule has 0 unspecified atom stereocenters. The molecule has 0 radical (unpaired) electrons. The Hall–Kier alpha value is -1.95. The molecule has 0 aliphatic carbocycles. The normalized spacial score (nSPS) is 18.6. The van der Waals surface area contributed by atoms with Crippen LogP contribution in [0.25, 0.3) is 0 Å². The van der Waals surface area contributed by atoms with Gasteiger partial charge in [-0.1, -0.05) is 0 Å². The first-order chi connectivity index (χ1) is 8.58. The van der Waals surface area contributed by atoms with Gasteiger partial charge in [-0.2, -0.15) is 0 Å². The summed E-state index contributed by atoms with van der Waals surface area (Å²) in [7, 11) is 0. The van der Waals surface area contributed by atoms with Crippen LogP contribution in [0.3, 0.4) is 0 Å². The van der Waals surface area contributed by atoms with Crippen molar-refractivity contribution in [1.82, 2.24) is 5.32 Å². The minimum absolute atomic E-state index is 0.186. The summed E-state index contributed by atoms with van der Waals surface area (Å²) >= 11 is 0. The van der Waals surface area contributed by atoms with E-state index in [2.05, 4.69) is 10.6 Å². The van der Waals surface area contributed by atoms with Crippen molar-refractivity contribution in [2.75, 3.05) is 11.9 Å². The first kappa shape index (κ1) is 12.5. The maximum atomic E-state index is 13.2. The van der Waals surface area contributed by atoms with Crippen LogP contribution in [0.2, 0.25) is 0 Å². The molecule has 1 aliphatic rings. The SMILES string of the molecule is NC(=O)c1cc(NC(=O)[C@H]2CCCN2)ccc1F. The fourth-order valence-corrected chi connectivity index (χ4v) is 1.93. The summed E-state index contributed by atoms with van der Waals surface area (Å²) in [6.07, 6.45) is 1.73. The van der Waals surface area contributed by atoms with Crippen LogP contribution in [0.1, 0.15) is 23.2 Å². The van der Waals surface area contributed by atoms with E-state index in [0.717, 1.165) is 25.5 Å². The number of nitrogens with one attached hydrogen (secondary N) is 2. The molecule has 0 aromatic heterocycles. The third-order valence-corrected chi connectivity index (χ3v) is 2.88. The molecule has 0 spiro atoms. The standard InChI is InChI=1S/C12H14FN3O2/c13-9-4-3-7(6-8(9)11(14)17)16-12(18)10-2-1-5-15-10/h3-4,6,10,15H,1-2,5H2,(H2,14,17)(H,16,18)/t10-/m1/s1. The molecule has 96 valence electrons. The maximum absolute atomic E-state index is 13.2. The van der Waals surface area contributed by atoms with Crippen LogP contribution < -0.4 is 16.4 Å². The molecule has 18 heavy (non-hydrogen) atoms. The van der Waals surface area contributed by atoms with Gasteiger partial charge in [0, 0.05) is 5.69 Å². The molecule has 1 heterocycles. The van der Waals surface area contributed by atoms with E-state index < -0.39 is 11.7 Å². The van der Waals surface area contributed by atoms with E-state index in [4.69, 9.17) is 5.73 Å². The molecule has 4 N–H and O–H groups in total. The highest BCUT2D eigenvalue weighted by Crippen LogP contribution is 2.15. The first-order valence-corrected chi connectivity index (χ1v) is 5.71.